The van der Waals surface area contributed by atoms with Gasteiger partial charge in [0.15, 0.2) is 5.78 Å². The molecule has 0 aromatic heterocycles. The Morgan fingerprint density at radius 3 is 2.67 bits per heavy atom. The Balaban J connectivity index is 2.47. The summed E-state index contributed by atoms with van der Waals surface area (Å²) >= 11 is 0. The number of nitrogens with zero attached hydrogens (tertiary/aromatic N) is 1. The summed E-state index contributed by atoms with van der Waals surface area (Å²) in [5.41, 5.74) is 1.55. The van der Waals surface area contributed by atoms with Crippen LogP contribution in [0, 0.1) is 24.1 Å². The fraction of sp³-hybridized carbons (Fsp3) is 0.176. The fourth-order valence-corrected chi connectivity index (χ4v) is 2.14. The second kappa shape index (κ2) is 6.19. The van der Waals surface area contributed by atoms with E-state index in [2.05, 4.69) is 0 Å². The normalized spacial score (nSPS) is 11.5. The molecule has 21 heavy (non-hydrogen) atoms. The number of nitriles is 1. The molecule has 0 aliphatic carbocycles. The monoisotopic (exact) mass is 283 g/mol. The van der Waals surface area contributed by atoms with Crippen LogP contribution in [0.3, 0.4) is 0 Å². The van der Waals surface area contributed by atoms with Crippen molar-refractivity contribution < 1.29 is 13.9 Å². The molecule has 0 heterocycles. The summed E-state index contributed by atoms with van der Waals surface area (Å²) in [6.07, 6.45) is 0. The lowest BCUT2D eigenvalue weighted by Gasteiger charge is -2.12. The molecule has 0 spiro atoms. The summed E-state index contributed by atoms with van der Waals surface area (Å²) in [4.78, 5) is 12.6. The van der Waals surface area contributed by atoms with E-state index in [9.17, 15) is 14.4 Å². The van der Waals surface area contributed by atoms with Crippen molar-refractivity contribution in [1.82, 2.24) is 0 Å². The quantitative estimate of drug-likeness (QED) is 0.805. The van der Waals surface area contributed by atoms with Crippen molar-refractivity contribution in [2.45, 2.75) is 12.8 Å². The smallest absolute Gasteiger partial charge is 0.188 e. The van der Waals surface area contributed by atoms with Crippen LogP contribution in [0.1, 0.15) is 27.4 Å². The van der Waals surface area contributed by atoms with Gasteiger partial charge in [0.1, 0.15) is 17.5 Å². The zero-order valence-corrected chi connectivity index (χ0v) is 11.8. The van der Waals surface area contributed by atoms with Crippen LogP contribution >= 0.6 is 0 Å². The van der Waals surface area contributed by atoms with Gasteiger partial charge < -0.3 is 4.74 Å². The van der Waals surface area contributed by atoms with Crippen molar-refractivity contribution >= 4 is 5.78 Å². The molecular weight excluding hydrogens is 269 g/mol. The van der Waals surface area contributed by atoms with E-state index in [0.29, 0.717) is 16.9 Å². The summed E-state index contributed by atoms with van der Waals surface area (Å²) in [7, 11) is 1.46. The summed E-state index contributed by atoms with van der Waals surface area (Å²) in [5, 5.41) is 9.30. The van der Waals surface area contributed by atoms with Gasteiger partial charge in [-0.15, -0.1) is 0 Å². The lowest BCUT2D eigenvalue weighted by atomic mass is 9.91. The molecule has 0 fully saturated rings. The molecule has 1 atom stereocenters. The van der Waals surface area contributed by atoms with Gasteiger partial charge in [-0.05, 0) is 36.8 Å². The molecule has 1 unspecified atom stereocenters. The molecule has 2 aromatic carbocycles. The van der Waals surface area contributed by atoms with Crippen LogP contribution in [0.25, 0.3) is 0 Å². The third kappa shape index (κ3) is 3.09. The Kier molecular flexibility index (Phi) is 4.34. The van der Waals surface area contributed by atoms with Crippen molar-refractivity contribution in [3.63, 3.8) is 0 Å². The number of methoxy groups -OCH3 is 1. The number of aryl methyl sites for hydroxylation is 1. The van der Waals surface area contributed by atoms with Gasteiger partial charge in [-0.3, -0.25) is 4.79 Å². The summed E-state index contributed by atoms with van der Waals surface area (Å²) in [6.45, 7) is 1.85. The van der Waals surface area contributed by atoms with Crippen LogP contribution < -0.4 is 4.74 Å². The molecule has 0 bridgehead atoms. The zero-order valence-electron chi connectivity index (χ0n) is 11.8. The number of hydrogen-bond acceptors (Lipinski definition) is 3. The van der Waals surface area contributed by atoms with Crippen molar-refractivity contribution in [3.05, 3.63) is 65.0 Å². The Bertz CT molecular complexity index is 719. The molecule has 0 saturated heterocycles. The first kappa shape index (κ1) is 14.7. The molecule has 0 N–H and O–H groups in total. The number of carbonyl (C=O) groups excluding carboxylic acids is 1. The number of benzene rings is 2. The third-order valence-corrected chi connectivity index (χ3v) is 3.19. The SMILES string of the molecule is COc1ccc(C)cc1C(=O)C(C#N)c1cccc(F)c1. The molecule has 106 valence electrons. The third-order valence-electron chi connectivity index (χ3n) is 3.19. The minimum absolute atomic E-state index is 0.327. The minimum Gasteiger partial charge on any atom is -0.496 e. The Labute approximate surface area is 122 Å². The van der Waals surface area contributed by atoms with E-state index >= 15 is 0 Å². The first-order valence-corrected chi connectivity index (χ1v) is 6.40. The van der Waals surface area contributed by atoms with Crippen molar-refractivity contribution in [1.29, 1.82) is 5.26 Å². The van der Waals surface area contributed by atoms with Crippen LogP contribution in [0.2, 0.25) is 0 Å². The molecule has 0 aliphatic heterocycles. The molecule has 3 nitrogen and oxygen atoms in total. The van der Waals surface area contributed by atoms with Crippen LogP contribution in [0.5, 0.6) is 5.75 Å². The molecular formula is C17H14FNO2. The molecule has 2 rings (SSSR count). The average Bonchev–Trinajstić information content (AvgIpc) is 2.48. The molecule has 0 aliphatic rings. The maximum Gasteiger partial charge on any atom is 0.188 e. The maximum absolute atomic E-state index is 13.3. The summed E-state index contributed by atoms with van der Waals surface area (Å²) in [5.74, 6) is -1.53. The van der Waals surface area contributed by atoms with Gasteiger partial charge in [-0.25, -0.2) is 4.39 Å². The van der Waals surface area contributed by atoms with Gasteiger partial charge in [0.2, 0.25) is 0 Å². The van der Waals surface area contributed by atoms with E-state index in [-0.39, 0.29) is 0 Å². The number of ketones is 1. The van der Waals surface area contributed by atoms with Crippen LogP contribution in [-0.2, 0) is 0 Å². The lowest BCUT2D eigenvalue weighted by molar-refractivity contribution is 0.0976. The highest BCUT2D eigenvalue weighted by Gasteiger charge is 2.25. The lowest BCUT2D eigenvalue weighted by Crippen LogP contribution is -2.13. The van der Waals surface area contributed by atoms with Crippen LogP contribution in [0.15, 0.2) is 42.5 Å². The number of Topliss-reactive ketones (excluding diaryl/α,β-unsaturated/α-hetero) is 1. The van der Waals surface area contributed by atoms with Gasteiger partial charge >= 0.3 is 0 Å². The predicted octanol–water partition coefficient (Wildman–Crippen LogP) is 3.63. The van der Waals surface area contributed by atoms with E-state index in [1.807, 2.05) is 19.1 Å². The summed E-state index contributed by atoms with van der Waals surface area (Å²) < 4.78 is 18.5. The molecule has 4 heteroatoms. The zero-order chi connectivity index (χ0) is 15.4. The highest BCUT2D eigenvalue weighted by atomic mass is 19.1. The number of ether oxygens (including phenoxy) is 1. The highest BCUT2D eigenvalue weighted by Crippen LogP contribution is 2.27. The second-order valence-electron chi connectivity index (χ2n) is 4.69. The number of halogens is 1. The van der Waals surface area contributed by atoms with Gasteiger partial charge in [-0.2, -0.15) is 5.26 Å². The maximum atomic E-state index is 13.3. The predicted molar refractivity (Wildman–Crippen MR) is 76.8 cm³/mol. The van der Waals surface area contributed by atoms with E-state index < -0.39 is 17.5 Å². The molecule has 0 amide bonds. The standard InChI is InChI=1S/C17H14FNO2/c1-11-6-7-16(21-2)14(8-11)17(20)15(10-19)12-4-3-5-13(18)9-12/h3-9,15H,1-2H3. The van der Waals surface area contributed by atoms with E-state index in [1.54, 1.807) is 18.2 Å². The summed E-state index contributed by atoms with van der Waals surface area (Å²) in [6, 6.07) is 12.6. The molecule has 0 saturated carbocycles. The molecule has 2 aromatic rings. The number of rotatable bonds is 4. The topological polar surface area (TPSA) is 50.1 Å². The first-order chi connectivity index (χ1) is 10.1. The largest absolute Gasteiger partial charge is 0.496 e. The highest BCUT2D eigenvalue weighted by molar-refractivity contribution is 6.05. The van der Waals surface area contributed by atoms with Gasteiger partial charge in [-0.1, -0.05) is 23.8 Å². The Morgan fingerprint density at radius 2 is 2.05 bits per heavy atom. The number of hydrogen-bond donors (Lipinski definition) is 0. The van der Waals surface area contributed by atoms with Gasteiger partial charge in [0, 0.05) is 0 Å². The van der Waals surface area contributed by atoms with Crippen LogP contribution in [0.4, 0.5) is 4.39 Å². The Morgan fingerprint density at radius 1 is 1.29 bits per heavy atom. The first-order valence-electron chi connectivity index (χ1n) is 6.40. The number of carbonyl (C=O) groups is 1. The van der Waals surface area contributed by atoms with Crippen molar-refractivity contribution in [2.75, 3.05) is 7.11 Å². The van der Waals surface area contributed by atoms with E-state index in [0.717, 1.165) is 5.56 Å². The van der Waals surface area contributed by atoms with Gasteiger partial charge in [0.25, 0.3) is 0 Å². The Hall–Kier alpha value is -2.67. The van der Waals surface area contributed by atoms with Crippen LogP contribution in [-0.4, -0.2) is 12.9 Å². The van der Waals surface area contributed by atoms with Crippen molar-refractivity contribution in [2.24, 2.45) is 0 Å². The van der Waals surface area contributed by atoms with E-state index in [4.69, 9.17) is 4.74 Å². The fourth-order valence-electron chi connectivity index (χ4n) is 2.14. The molecule has 0 radical (unpaired) electrons. The minimum atomic E-state index is -1.06. The second-order valence-corrected chi connectivity index (χ2v) is 4.69. The van der Waals surface area contributed by atoms with Crippen molar-refractivity contribution in [3.8, 4) is 11.8 Å². The van der Waals surface area contributed by atoms with Gasteiger partial charge in [0.05, 0.1) is 18.7 Å². The van der Waals surface area contributed by atoms with E-state index in [1.165, 1.54) is 25.3 Å². The average molecular weight is 283 g/mol.